The van der Waals surface area contributed by atoms with Crippen LogP contribution in [0.1, 0.15) is 45.1 Å². The van der Waals surface area contributed by atoms with Crippen molar-refractivity contribution < 1.29 is 29.0 Å². The van der Waals surface area contributed by atoms with E-state index in [-0.39, 0.29) is 35.3 Å². The van der Waals surface area contributed by atoms with Crippen LogP contribution in [0.25, 0.3) is 0 Å². The summed E-state index contributed by atoms with van der Waals surface area (Å²) in [5, 5.41) is 10.2. The molecule has 1 aromatic rings. The number of rotatable bonds is 5. The van der Waals surface area contributed by atoms with E-state index in [2.05, 4.69) is 0 Å². The number of benzene rings is 1. The van der Waals surface area contributed by atoms with E-state index in [1.165, 1.54) is 9.80 Å². The number of carbonyl (C=O) groups is 4. The number of fused-ring (bicyclic) bond motifs is 4. The monoisotopic (exact) mass is 466 g/mol. The van der Waals surface area contributed by atoms with E-state index in [9.17, 15) is 24.3 Å². The van der Waals surface area contributed by atoms with Crippen molar-refractivity contribution in [3.05, 3.63) is 35.4 Å². The highest BCUT2D eigenvalue weighted by Crippen LogP contribution is 2.58. The van der Waals surface area contributed by atoms with Gasteiger partial charge in [-0.05, 0) is 57.2 Å². The van der Waals surface area contributed by atoms with Crippen LogP contribution in [-0.2, 0) is 19.2 Å². The Morgan fingerprint density at radius 2 is 1.53 bits per heavy atom. The van der Waals surface area contributed by atoms with Crippen molar-refractivity contribution in [2.75, 3.05) is 19.7 Å². The summed E-state index contributed by atoms with van der Waals surface area (Å²) >= 11 is 0. The average molecular weight is 467 g/mol. The van der Waals surface area contributed by atoms with E-state index in [1.54, 1.807) is 32.0 Å². The molecule has 0 unspecified atom stereocenters. The number of aromatic hydroxyl groups is 1. The van der Waals surface area contributed by atoms with Crippen molar-refractivity contribution in [2.24, 2.45) is 29.6 Å². The van der Waals surface area contributed by atoms with Crippen molar-refractivity contribution in [3.63, 3.8) is 0 Å². The van der Waals surface area contributed by atoms with Crippen LogP contribution in [0.4, 0.5) is 0 Å². The Balaban J connectivity index is 1.64. The summed E-state index contributed by atoms with van der Waals surface area (Å²) in [4.78, 5) is 55.5. The lowest BCUT2D eigenvalue weighted by molar-refractivity contribution is -0.141. The van der Waals surface area contributed by atoms with Gasteiger partial charge in [-0.3, -0.25) is 29.0 Å². The molecule has 0 aromatic heterocycles. The van der Waals surface area contributed by atoms with Crippen molar-refractivity contribution in [3.8, 4) is 11.5 Å². The van der Waals surface area contributed by atoms with Crippen LogP contribution in [0.3, 0.4) is 0 Å². The minimum Gasteiger partial charge on any atom is -0.504 e. The predicted molar refractivity (Wildman–Crippen MR) is 122 cm³/mol. The Bertz CT molecular complexity index is 1110. The minimum atomic E-state index is -0.569. The average Bonchev–Trinajstić information content (AvgIpc) is 3.22. The molecule has 6 atom stereocenters. The first kappa shape index (κ1) is 22.6. The van der Waals surface area contributed by atoms with E-state index in [1.807, 2.05) is 13.0 Å². The molecule has 180 valence electrons. The fourth-order valence-electron chi connectivity index (χ4n) is 6.71. The summed E-state index contributed by atoms with van der Waals surface area (Å²) in [7, 11) is 0. The van der Waals surface area contributed by atoms with Gasteiger partial charge >= 0.3 is 0 Å². The normalized spacial score (nSPS) is 32.5. The molecule has 4 aliphatic rings. The molecule has 5 rings (SSSR count). The number of likely N-dealkylation sites (tertiary alicyclic amines) is 2. The summed E-state index contributed by atoms with van der Waals surface area (Å²) in [6.45, 7) is 6.41. The second-order valence-electron chi connectivity index (χ2n) is 9.53. The summed E-state index contributed by atoms with van der Waals surface area (Å²) in [5.41, 5.74) is 1.72. The highest BCUT2D eigenvalue weighted by molar-refractivity contribution is 6.07. The smallest absolute Gasteiger partial charge is 0.234 e. The Labute approximate surface area is 198 Å². The summed E-state index contributed by atoms with van der Waals surface area (Å²) < 4.78 is 5.60. The number of carbonyl (C=O) groups excluding carboxylic acids is 4. The quantitative estimate of drug-likeness (QED) is 0.528. The molecular weight excluding hydrogens is 436 g/mol. The zero-order valence-electron chi connectivity index (χ0n) is 19.7. The van der Waals surface area contributed by atoms with Gasteiger partial charge in [0, 0.05) is 19.0 Å². The molecule has 8 heteroatoms. The molecule has 0 bridgehead atoms. The fourth-order valence-corrected chi connectivity index (χ4v) is 6.71. The highest BCUT2D eigenvalue weighted by Gasteiger charge is 2.61. The van der Waals surface area contributed by atoms with Gasteiger partial charge in [0.15, 0.2) is 11.5 Å². The van der Waals surface area contributed by atoms with Gasteiger partial charge in [-0.2, -0.15) is 0 Å². The number of hydrogen-bond donors (Lipinski definition) is 1. The number of imide groups is 2. The first-order chi connectivity index (χ1) is 16.3. The third kappa shape index (κ3) is 3.03. The SMILES string of the molecule is CCOc1cc([C@H]2C3=CC[C@@H]4C(=O)N(CC)C(=O)[C@@H]4[C@@H]3C[C@H]3C(=O)N(CC)C(=O)[C@@H]23)ccc1O. The zero-order chi connectivity index (χ0) is 24.3. The molecule has 2 heterocycles. The molecule has 0 radical (unpaired) electrons. The predicted octanol–water partition coefficient (Wildman–Crippen LogP) is 2.47. The van der Waals surface area contributed by atoms with Gasteiger partial charge in [0.05, 0.1) is 30.3 Å². The van der Waals surface area contributed by atoms with Crippen LogP contribution in [0.5, 0.6) is 11.5 Å². The second kappa shape index (κ2) is 8.25. The topological polar surface area (TPSA) is 104 Å². The molecule has 2 aliphatic heterocycles. The first-order valence-corrected chi connectivity index (χ1v) is 12.2. The standard InChI is InChI=1S/C26H30N2O6/c1-4-27-23(30)15-9-8-14-16(21(15)25(27)32)12-17-22(26(33)28(5-2)24(17)31)20(14)13-7-10-18(29)19(11-13)34-6-3/h7-8,10-11,15-17,20-22,29H,4-6,9,12H2,1-3H3/t15-,16+,17+,20-,21-,22+/m0/s1. The van der Waals surface area contributed by atoms with Crippen molar-refractivity contribution >= 4 is 23.6 Å². The van der Waals surface area contributed by atoms with E-state index in [0.717, 1.165) is 11.1 Å². The number of allylic oxidation sites excluding steroid dienone is 2. The lowest BCUT2D eigenvalue weighted by Gasteiger charge is -2.44. The second-order valence-corrected chi connectivity index (χ2v) is 9.53. The summed E-state index contributed by atoms with van der Waals surface area (Å²) in [6, 6.07) is 5.05. The zero-order valence-corrected chi connectivity index (χ0v) is 19.7. The number of hydrogen-bond acceptors (Lipinski definition) is 6. The van der Waals surface area contributed by atoms with Crippen molar-refractivity contribution in [2.45, 2.75) is 39.5 Å². The van der Waals surface area contributed by atoms with Gasteiger partial charge in [0.1, 0.15) is 0 Å². The van der Waals surface area contributed by atoms with Crippen LogP contribution < -0.4 is 4.74 Å². The van der Waals surface area contributed by atoms with Gasteiger partial charge in [-0.15, -0.1) is 0 Å². The first-order valence-electron chi connectivity index (χ1n) is 12.2. The maximum absolute atomic E-state index is 13.4. The van der Waals surface area contributed by atoms with E-state index >= 15 is 0 Å². The molecule has 1 saturated carbocycles. The highest BCUT2D eigenvalue weighted by atomic mass is 16.5. The number of nitrogens with zero attached hydrogens (tertiary/aromatic N) is 2. The van der Waals surface area contributed by atoms with Gasteiger partial charge in [-0.1, -0.05) is 17.7 Å². The maximum atomic E-state index is 13.4. The molecule has 3 fully saturated rings. The molecule has 1 aromatic carbocycles. The van der Waals surface area contributed by atoms with Gasteiger partial charge in [0.2, 0.25) is 23.6 Å². The molecule has 2 saturated heterocycles. The lowest BCUT2D eigenvalue weighted by Crippen LogP contribution is -2.43. The van der Waals surface area contributed by atoms with Crippen LogP contribution >= 0.6 is 0 Å². The van der Waals surface area contributed by atoms with Crippen LogP contribution in [0.2, 0.25) is 0 Å². The summed E-state index contributed by atoms with van der Waals surface area (Å²) in [6.07, 6.45) is 2.86. The number of phenols is 1. The summed E-state index contributed by atoms with van der Waals surface area (Å²) in [5.74, 6) is -3.10. The van der Waals surface area contributed by atoms with Crippen LogP contribution in [-0.4, -0.2) is 58.2 Å². The lowest BCUT2D eigenvalue weighted by atomic mass is 9.57. The Morgan fingerprint density at radius 3 is 2.18 bits per heavy atom. The largest absolute Gasteiger partial charge is 0.504 e. The molecular formula is C26H30N2O6. The molecule has 0 spiro atoms. The Kier molecular flexibility index (Phi) is 5.49. The van der Waals surface area contributed by atoms with E-state index in [0.29, 0.717) is 38.3 Å². The minimum absolute atomic E-state index is 0.00589. The number of phenolic OH excluding ortho intramolecular Hbond substituents is 1. The molecule has 34 heavy (non-hydrogen) atoms. The Hall–Kier alpha value is -3.16. The fraction of sp³-hybridized carbons (Fsp3) is 0.538. The van der Waals surface area contributed by atoms with E-state index < -0.39 is 29.6 Å². The van der Waals surface area contributed by atoms with Gasteiger partial charge in [0.25, 0.3) is 0 Å². The van der Waals surface area contributed by atoms with Crippen molar-refractivity contribution in [1.82, 2.24) is 9.80 Å². The molecule has 2 aliphatic carbocycles. The van der Waals surface area contributed by atoms with Crippen LogP contribution in [0.15, 0.2) is 29.8 Å². The number of ether oxygens (including phenoxy) is 1. The third-order valence-corrected chi connectivity index (χ3v) is 8.11. The molecule has 8 nitrogen and oxygen atoms in total. The van der Waals surface area contributed by atoms with E-state index in [4.69, 9.17) is 4.74 Å². The van der Waals surface area contributed by atoms with Gasteiger partial charge in [-0.25, -0.2) is 0 Å². The third-order valence-electron chi connectivity index (χ3n) is 8.11. The van der Waals surface area contributed by atoms with Crippen molar-refractivity contribution in [1.29, 1.82) is 0 Å². The number of amides is 4. The Morgan fingerprint density at radius 1 is 0.882 bits per heavy atom. The molecule has 4 amide bonds. The van der Waals surface area contributed by atoms with Gasteiger partial charge < -0.3 is 9.84 Å². The maximum Gasteiger partial charge on any atom is 0.234 e. The van der Waals surface area contributed by atoms with Crippen LogP contribution in [0, 0.1) is 29.6 Å². The molecule has 1 N–H and O–H groups in total.